The molecule has 1 aromatic carbocycles. The lowest BCUT2D eigenvalue weighted by Gasteiger charge is -2.23. The van der Waals surface area contributed by atoms with Crippen molar-refractivity contribution in [1.29, 1.82) is 0 Å². The first kappa shape index (κ1) is 24.7. The predicted molar refractivity (Wildman–Crippen MR) is 131 cm³/mol. The molecule has 6 nitrogen and oxygen atoms in total. The first-order valence-electron chi connectivity index (χ1n) is 11.6. The van der Waals surface area contributed by atoms with Gasteiger partial charge in [0.15, 0.2) is 0 Å². The number of hydrogen-bond donors (Lipinski definition) is 2. The van der Waals surface area contributed by atoms with E-state index in [-0.39, 0.29) is 36.1 Å². The average Bonchev–Trinajstić information content (AvgIpc) is 3.22. The molecule has 2 aromatic rings. The van der Waals surface area contributed by atoms with Crippen LogP contribution in [-0.4, -0.2) is 32.8 Å². The number of allylic oxidation sites excluding steroid dienone is 1. The lowest BCUT2D eigenvalue weighted by molar-refractivity contribution is -0.139. The van der Waals surface area contributed by atoms with Crippen molar-refractivity contribution in [2.24, 2.45) is 5.41 Å². The summed E-state index contributed by atoms with van der Waals surface area (Å²) in [5.41, 5.74) is 5.18. The Morgan fingerprint density at radius 1 is 1.06 bits per heavy atom. The molecule has 0 aliphatic heterocycles. The van der Waals surface area contributed by atoms with Crippen molar-refractivity contribution in [3.63, 3.8) is 0 Å². The number of hydrogen-bond acceptors (Lipinski definition) is 3. The fourth-order valence-electron chi connectivity index (χ4n) is 4.73. The number of carbonyl (C=O) groups excluding carboxylic acids is 1. The minimum absolute atomic E-state index is 0.0299. The molecule has 0 spiro atoms. The summed E-state index contributed by atoms with van der Waals surface area (Å²) in [6.45, 7) is 14.4. The third kappa shape index (κ3) is 5.92. The molecule has 0 saturated carbocycles. The number of carboxylic acids is 1. The normalized spacial score (nSPS) is 18.5. The van der Waals surface area contributed by atoms with Gasteiger partial charge in [0.25, 0.3) is 0 Å². The van der Waals surface area contributed by atoms with Gasteiger partial charge < -0.3 is 10.4 Å². The fraction of sp³-hybridized carbons (Fsp3) is 0.519. The molecular weight excluding hydrogens is 414 g/mol. The number of amides is 1. The topological polar surface area (TPSA) is 84.2 Å². The van der Waals surface area contributed by atoms with E-state index in [1.54, 1.807) is 0 Å². The van der Waals surface area contributed by atoms with Gasteiger partial charge in [-0.3, -0.25) is 9.59 Å². The molecule has 1 aromatic heterocycles. The van der Waals surface area contributed by atoms with Crippen LogP contribution in [0, 0.1) is 19.3 Å². The average molecular weight is 452 g/mol. The maximum atomic E-state index is 12.5. The third-order valence-electron chi connectivity index (χ3n) is 6.39. The smallest absolute Gasteiger partial charge is 0.303 e. The minimum Gasteiger partial charge on any atom is -0.481 e. The van der Waals surface area contributed by atoms with Crippen molar-refractivity contribution in [1.82, 2.24) is 15.1 Å². The molecule has 1 aliphatic carbocycles. The molecule has 6 heteroatoms. The summed E-state index contributed by atoms with van der Waals surface area (Å²) in [6, 6.07) is 8.51. The van der Waals surface area contributed by atoms with Crippen LogP contribution in [-0.2, 0) is 15.0 Å². The van der Waals surface area contributed by atoms with Crippen LogP contribution < -0.4 is 5.32 Å². The highest BCUT2D eigenvalue weighted by Crippen LogP contribution is 2.34. The molecule has 2 atom stereocenters. The number of nitrogens with one attached hydrogen (secondary N) is 1. The van der Waals surface area contributed by atoms with E-state index in [0.717, 1.165) is 23.5 Å². The maximum absolute atomic E-state index is 12.5. The number of carboxylic acid groups (broad SMARTS) is 1. The van der Waals surface area contributed by atoms with Gasteiger partial charge in [0, 0.05) is 29.6 Å². The molecule has 0 saturated heterocycles. The standard InChI is InChI=1S/C27H37N3O3/c1-17-25(18(2)30(29-17)22-12-9-20(10-13-22)26(3,4)5)19-8-11-21(14-19)28-23(31)15-27(6,7)16-24(32)33/h8-13,19,21H,14-16H2,1-7H3,(H,28,31)(H,32,33)/t19-,21-/m1/s1. The van der Waals surface area contributed by atoms with Crippen molar-refractivity contribution in [2.75, 3.05) is 0 Å². The molecule has 0 bridgehead atoms. The van der Waals surface area contributed by atoms with Gasteiger partial charge in [-0.05, 0) is 48.8 Å². The first-order chi connectivity index (χ1) is 15.3. The molecule has 2 N–H and O–H groups in total. The van der Waals surface area contributed by atoms with Crippen LogP contribution >= 0.6 is 0 Å². The van der Waals surface area contributed by atoms with Crippen LogP contribution in [0.2, 0.25) is 0 Å². The summed E-state index contributed by atoms with van der Waals surface area (Å²) in [5.74, 6) is -0.811. The largest absolute Gasteiger partial charge is 0.481 e. The molecule has 0 unspecified atom stereocenters. The van der Waals surface area contributed by atoms with E-state index < -0.39 is 11.4 Å². The number of aromatic nitrogens is 2. The van der Waals surface area contributed by atoms with Crippen molar-refractivity contribution >= 4 is 11.9 Å². The van der Waals surface area contributed by atoms with Gasteiger partial charge in [0.1, 0.15) is 0 Å². The Bertz CT molecular complexity index is 1060. The Hall–Kier alpha value is -2.89. The Balaban J connectivity index is 1.69. The molecule has 33 heavy (non-hydrogen) atoms. The fourth-order valence-corrected chi connectivity index (χ4v) is 4.73. The summed E-state index contributed by atoms with van der Waals surface area (Å²) in [7, 11) is 0. The molecule has 1 heterocycles. The third-order valence-corrected chi connectivity index (χ3v) is 6.39. The number of benzene rings is 1. The van der Waals surface area contributed by atoms with E-state index in [4.69, 9.17) is 10.2 Å². The zero-order valence-corrected chi connectivity index (χ0v) is 20.9. The van der Waals surface area contributed by atoms with Crippen molar-refractivity contribution in [3.05, 3.63) is 58.9 Å². The Kier molecular flexibility index (Phi) is 6.87. The molecule has 0 radical (unpaired) electrons. The van der Waals surface area contributed by atoms with Crippen LogP contribution in [0.15, 0.2) is 36.4 Å². The van der Waals surface area contributed by atoms with E-state index in [1.807, 2.05) is 31.5 Å². The second-order valence-electron chi connectivity index (χ2n) is 11.1. The van der Waals surface area contributed by atoms with Gasteiger partial charge >= 0.3 is 5.97 Å². The van der Waals surface area contributed by atoms with Crippen LogP contribution in [0.5, 0.6) is 0 Å². The summed E-state index contributed by atoms with van der Waals surface area (Å²) in [6.07, 6.45) is 5.13. The second-order valence-corrected chi connectivity index (χ2v) is 11.1. The maximum Gasteiger partial charge on any atom is 0.303 e. The quantitative estimate of drug-likeness (QED) is 0.566. The van der Waals surface area contributed by atoms with Crippen LogP contribution in [0.4, 0.5) is 0 Å². The highest BCUT2D eigenvalue weighted by molar-refractivity contribution is 5.78. The summed E-state index contributed by atoms with van der Waals surface area (Å²) >= 11 is 0. The van der Waals surface area contributed by atoms with E-state index >= 15 is 0 Å². The zero-order valence-electron chi connectivity index (χ0n) is 20.9. The molecule has 3 rings (SSSR count). The Labute approximate surface area is 197 Å². The van der Waals surface area contributed by atoms with Crippen LogP contribution in [0.1, 0.15) is 82.3 Å². The summed E-state index contributed by atoms with van der Waals surface area (Å²) in [5, 5.41) is 16.9. The van der Waals surface area contributed by atoms with Crippen molar-refractivity contribution < 1.29 is 14.7 Å². The highest BCUT2D eigenvalue weighted by Gasteiger charge is 2.29. The van der Waals surface area contributed by atoms with E-state index in [9.17, 15) is 9.59 Å². The molecule has 178 valence electrons. The monoisotopic (exact) mass is 451 g/mol. The predicted octanol–water partition coefficient (Wildman–Crippen LogP) is 5.21. The zero-order chi connectivity index (χ0) is 24.6. The number of nitrogens with zero attached hydrogens (tertiary/aromatic N) is 2. The summed E-state index contributed by atoms with van der Waals surface area (Å²) in [4.78, 5) is 23.5. The van der Waals surface area contributed by atoms with E-state index in [0.29, 0.717) is 0 Å². The lowest BCUT2D eigenvalue weighted by atomic mass is 9.85. The molecule has 1 amide bonds. The van der Waals surface area contributed by atoms with Crippen LogP contribution in [0.3, 0.4) is 0 Å². The minimum atomic E-state index is -0.885. The van der Waals surface area contributed by atoms with Gasteiger partial charge in [0.2, 0.25) is 5.91 Å². The molecule has 1 aliphatic rings. The summed E-state index contributed by atoms with van der Waals surface area (Å²) < 4.78 is 2.01. The van der Waals surface area contributed by atoms with Gasteiger partial charge in [-0.1, -0.05) is 58.9 Å². The Morgan fingerprint density at radius 3 is 2.27 bits per heavy atom. The second kappa shape index (κ2) is 9.16. The van der Waals surface area contributed by atoms with Gasteiger partial charge in [0.05, 0.1) is 17.8 Å². The van der Waals surface area contributed by atoms with Gasteiger partial charge in [-0.15, -0.1) is 0 Å². The number of aliphatic carboxylic acids is 1. The lowest BCUT2D eigenvalue weighted by Crippen LogP contribution is -2.36. The van der Waals surface area contributed by atoms with E-state index in [2.05, 4.69) is 63.4 Å². The van der Waals surface area contributed by atoms with Crippen molar-refractivity contribution in [3.8, 4) is 5.69 Å². The van der Waals surface area contributed by atoms with Crippen LogP contribution in [0.25, 0.3) is 5.69 Å². The molecule has 0 fully saturated rings. The first-order valence-corrected chi connectivity index (χ1v) is 11.6. The van der Waals surface area contributed by atoms with Crippen molar-refractivity contribution in [2.45, 2.75) is 85.1 Å². The molecular formula is C27H37N3O3. The van der Waals surface area contributed by atoms with E-state index in [1.165, 1.54) is 11.1 Å². The highest BCUT2D eigenvalue weighted by atomic mass is 16.4. The Morgan fingerprint density at radius 2 is 1.70 bits per heavy atom. The SMILES string of the molecule is Cc1nn(-c2ccc(C(C)(C)C)cc2)c(C)c1[C@@H]1C=C[C@@H](NC(=O)CC(C)(C)CC(=O)O)C1. The number of carbonyl (C=O) groups is 2. The number of rotatable bonds is 7. The number of aryl methyl sites for hydroxylation is 1. The van der Waals surface area contributed by atoms with Gasteiger partial charge in [-0.25, -0.2) is 4.68 Å². The van der Waals surface area contributed by atoms with Gasteiger partial charge in [-0.2, -0.15) is 5.10 Å².